The highest BCUT2D eigenvalue weighted by atomic mass is 19.3. The summed E-state index contributed by atoms with van der Waals surface area (Å²) in [5.74, 6) is 1.80. The van der Waals surface area contributed by atoms with Crippen LogP contribution in [0.5, 0.6) is 0 Å². The van der Waals surface area contributed by atoms with Crippen molar-refractivity contribution >= 4 is 0 Å². The van der Waals surface area contributed by atoms with Gasteiger partial charge in [0.2, 0.25) is 0 Å². The lowest BCUT2D eigenvalue weighted by Crippen LogP contribution is -2.30. The molecule has 0 atom stereocenters. The molecule has 2 aliphatic rings. The van der Waals surface area contributed by atoms with Gasteiger partial charge in [0.05, 0.1) is 6.61 Å². The zero-order valence-electron chi connectivity index (χ0n) is 17.6. The van der Waals surface area contributed by atoms with E-state index in [4.69, 9.17) is 4.74 Å². The van der Waals surface area contributed by atoms with Crippen molar-refractivity contribution in [3.63, 3.8) is 0 Å². The van der Waals surface area contributed by atoms with E-state index in [0.29, 0.717) is 11.8 Å². The summed E-state index contributed by atoms with van der Waals surface area (Å²) in [7, 11) is 0. The molecule has 0 radical (unpaired) electrons. The standard InChI is InChI=1S/C24H42F2O/c1-3-5-6-7-8-9-21-12-16-23(17-13-21)19-27-24(25,26)18-22-14-10-20(4-2)11-15-22/h4,20-23H,2-3,5-19H2,1H3. The maximum atomic E-state index is 14.2. The molecule has 2 fully saturated rings. The van der Waals surface area contributed by atoms with Crippen LogP contribution in [0.25, 0.3) is 0 Å². The van der Waals surface area contributed by atoms with Crippen molar-refractivity contribution in [2.24, 2.45) is 23.7 Å². The van der Waals surface area contributed by atoms with E-state index in [0.717, 1.165) is 44.4 Å². The molecule has 0 heterocycles. The first-order valence-electron chi connectivity index (χ1n) is 11.7. The summed E-state index contributed by atoms with van der Waals surface area (Å²) in [4.78, 5) is 0. The number of unbranched alkanes of at least 4 members (excludes halogenated alkanes) is 4. The minimum Gasteiger partial charge on any atom is -0.320 e. The number of allylic oxidation sites excluding steroid dienone is 1. The Kier molecular flexibility index (Phi) is 10.3. The van der Waals surface area contributed by atoms with Crippen LogP contribution in [0.2, 0.25) is 0 Å². The molecule has 0 N–H and O–H groups in total. The van der Waals surface area contributed by atoms with E-state index in [9.17, 15) is 8.78 Å². The highest BCUT2D eigenvalue weighted by Gasteiger charge is 2.36. The molecule has 0 aromatic carbocycles. The molecule has 0 aliphatic heterocycles. The summed E-state index contributed by atoms with van der Waals surface area (Å²) < 4.78 is 33.6. The molecule has 2 rings (SSSR count). The van der Waals surface area contributed by atoms with Crippen LogP contribution in [0.4, 0.5) is 8.78 Å². The molecular formula is C24H42F2O. The van der Waals surface area contributed by atoms with Crippen LogP contribution in [0.15, 0.2) is 12.7 Å². The highest BCUT2D eigenvalue weighted by Crippen LogP contribution is 2.38. The third kappa shape index (κ3) is 9.07. The minimum absolute atomic E-state index is 0.0933. The Bertz CT molecular complexity index is 393. The molecule has 3 heteroatoms. The SMILES string of the molecule is C=CC1CCC(CC(F)(F)OCC2CCC(CCCCCCC)CC2)CC1. The van der Waals surface area contributed by atoms with Crippen molar-refractivity contribution in [3.8, 4) is 0 Å². The van der Waals surface area contributed by atoms with Crippen LogP contribution in [0.3, 0.4) is 0 Å². The van der Waals surface area contributed by atoms with Gasteiger partial charge in [-0.15, -0.1) is 6.58 Å². The maximum Gasteiger partial charge on any atom is 0.356 e. The fraction of sp³-hybridized carbons (Fsp3) is 0.917. The van der Waals surface area contributed by atoms with Gasteiger partial charge in [-0.1, -0.05) is 64.4 Å². The predicted molar refractivity (Wildman–Crippen MR) is 110 cm³/mol. The van der Waals surface area contributed by atoms with Gasteiger partial charge in [-0.25, -0.2) is 0 Å². The number of halogens is 2. The lowest BCUT2D eigenvalue weighted by Gasteiger charge is -2.32. The van der Waals surface area contributed by atoms with Crippen LogP contribution in [0.1, 0.15) is 103 Å². The third-order valence-electron chi connectivity index (χ3n) is 6.96. The largest absolute Gasteiger partial charge is 0.356 e. The summed E-state index contributed by atoms with van der Waals surface area (Å²) >= 11 is 0. The number of hydrogen-bond donors (Lipinski definition) is 0. The summed E-state index contributed by atoms with van der Waals surface area (Å²) in [6.45, 7) is 6.32. The fourth-order valence-electron chi connectivity index (χ4n) is 4.99. The first-order chi connectivity index (χ1) is 13.0. The number of hydrogen-bond acceptors (Lipinski definition) is 1. The molecule has 0 aromatic rings. The Morgan fingerprint density at radius 1 is 0.852 bits per heavy atom. The lowest BCUT2D eigenvalue weighted by atomic mass is 9.80. The van der Waals surface area contributed by atoms with Crippen molar-refractivity contribution in [3.05, 3.63) is 12.7 Å². The molecule has 27 heavy (non-hydrogen) atoms. The van der Waals surface area contributed by atoms with E-state index >= 15 is 0 Å². The summed E-state index contributed by atoms with van der Waals surface area (Å²) in [5, 5.41) is 0. The van der Waals surface area contributed by atoms with E-state index in [1.54, 1.807) is 0 Å². The first-order valence-corrected chi connectivity index (χ1v) is 11.7. The van der Waals surface area contributed by atoms with Gasteiger partial charge in [0, 0.05) is 6.42 Å². The monoisotopic (exact) mass is 384 g/mol. The predicted octanol–water partition coefficient (Wildman–Crippen LogP) is 8.15. The maximum absolute atomic E-state index is 14.2. The second-order valence-electron chi connectivity index (χ2n) is 9.26. The first kappa shape index (κ1) is 22.8. The molecule has 0 saturated heterocycles. The molecule has 0 bridgehead atoms. The van der Waals surface area contributed by atoms with E-state index in [2.05, 4.69) is 13.5 Å². The normalized spacial score (nSPS) is 29.6. The van der Waals surface area contributed by atoms with Crippen LogP contribution in [0, 0.1) is 23.7 Å². The van der Waals surface area contributed by atoms with Gasteiger partial charge in [-0.3, -0.25) is 0 Å². The Morgan fingerprint density at radius 3 is 2.07 bits per heavy atom. The lowest BCUT2D eigenvalue weighted by molar-refractivity contribution is -0.256. The number of ether oxygens (including phenoxy) is 1. The minimum atomic E-state index is -2.94. The van der Waals surface area contributed by atoms with Crippen molar-refractivity contribution < 1.29 is 13.5 Å². The smallest absolute Gasteiger partial charge is 0.320 e. The van der Waals surface area contributed by atoms with E-state index in [-0.39, 0.29) is 18.9 Å². The fourth-order valence-corrected chi connectivity index (χ4v) is 4.99. The Hall–Kier alpha value is -0.440. The van der Waals surface area contributed by atoms with E-state index < -0.39 is 6.11 Å². The van der Waals surface area contributed by atoms with Gasteiger partial charge in [0.1, 0.15) is 0 Å². The Balaban J connectivity index is 1.56. The topological polar surface area (TPSA) is 9.23 Å². The quantitative estimate of drug-likeness (QED) is 0.244. The average molecular weight is 385 g/mol. The molecule has 1 nitrogen and oxygen atoms in total. The van der Waals surface area contributed by atoms with Gasteiger partial charge >= 0.3 is 6.11 Å². The van der Waals surface area contributed by atoms with Gasteiger partial charge in [-0.2, -0.15) is 8.78 Å². The number of alkyl halides is 2. The average Bonchev–Trinajstić information content (AvgIpc) is 2.67. The van der Waals surface area contributed by atoms with Crippen molar-refractivity contribution in [1.29, 1.82) is 0 Å². The molecular weight excluding hydrogens is 342 g/mol. The van der Waals surface area contributed by atoms with Crippen molar-refractivity contribution in [2.45, 2.75) is 109 Å². The zero-order valence-corrected chi connectivity index (χ0v) is 17.6. The van der Waals surface area contributed by atoms with E-state index in [1.165, 1.54) is 51.4 Å². The Labute approximate surface area is 166 Å². The molecule has 2 aliphatic carbocycles. The van der Waals surface area contributed by atoms with Crippen molar-refractivity contribution in [1.82, 2.24) is 0 Å². The second-order valence-corrected chi connectivity index (χ2v) is 9.26. The molecule has 2 saturated carbocycles. The molecule has 0 unspecified atom stereocenters. The van der Waals surface area contributed by atoms with Gasteiger partial charge in [0.25, 0.3) is 0 Å². The highest BCUT2D eigenvalue weighted by molar-refractivity contribution is 4.84. The summed E-state index contributed by atoms with van der Waals surface area (Å²) in [6.07, 6.45) is 15.3. The number of rotatable bonds is 12. The second kappa shape index (κ2) is 12.2. The van der Waals surface area contributed by atoms with E-state index in [1.807, 2.05) is 6.08 Å². The van der Waals surface area contributed by atoms with Crippen molar-refractivity contribution in [2.75, 3.05) is 6.61 Å². The molecule has 158 valence electrons. The van der Waals surface area contributed by atoms with Crippen LogP contribution in [-0.4, -0.2) is 12.7 Å². The van der Waals surface area contributed by atoms with Crippen LogP contribution >= 0.6 is 0 Å². The zero-order chi connectivity index (χ0) is 19.5. The van der Waals surface area contributed by atoms with Crippen LogP contribution < -0.4 is 0 Å². The molecule has 0 amide bonds. The summed E-state index contributed by atoms with van der Waals surface area (Å²) in [5.41, 5.74) is 0. The van der Waals surface area contributed by atoms with Crippen LogP contribution in [-0.2, 0) is 4.74 Å². The van der Waals surface area contributed by atoms with Gasteiger partial charge < -0.3 is 4.74 Å². The van der Waals surface area contributed by atoms with Gasteiger partial charge in [-0.05, 0) is 62.2 Å². The molecule has 0 spiro atoms. The van der Waals surface area contributed by atoms with Gasteiger partial charge in [0.15, 0.2) is 0 Å². The Morgan fingerprint density at radius 2 is 1.44 bits per heavy atom. The summed E-state index contributed by atoms with van der Waals surface area (Å²) in [6, 6.07) is 0. The third-order valence-corrected chi connectivity index (χ3v) is 6.96. The molecule has 0 aromatic heterocycles.